The molecular formula is C11H12ClN3O. The van der Waals surface area contributed by atoms with E-state index in [2.05, 4.69) is 15.3 Å². The van der Waals surface area contributed by atoms with Gasteiger partial charge in [0.15, 0.2) is 0 Å². The molecule has 0 aliphatic carbocycles. The molecule has 0 aliphatic heterocycles. The zero-order valence-electron chi connectivity index (χ0n) is 9.04. The first-order valence-electron chi connectivity index (χ1n) is 4.99. The van der Waals surface area contributed by atoms with Crippen LogP contribution >= 0.6 is 11.6 Å². The number of halogens is 1. The molecule has 2 N–H and O–H groups in total. The van der Waals surface area contributed by atoms with E-state index >= 15 is 0 Å². The van der Waals surface area contributed by atoms with E-state index in [0.29, 0.717) is 10.5 Å². The number of H-pyrrole nitrogens is 1. The fraction of sp³-hybridized carbons (Fsp3) is 0.273. The molecule has 84 valence electrons. The Labute approximate surface area is 97.7 Å². The fourth-order valence-corrected chi connectivity index (χ4v) is 1.86. The molecule has 1 aromatic heterocycles. The van der Waals surface area contributed by atoms with Gasteiger partial charge in [-0.15, -0.1) is 0 Å². The second kappa shape index (κ2) is 4.23. The molecule has 1 heterocycles. The summed E-state index contributed by atoms with van der Waals surface area (Å²) in [6, 6.07) is 5.50. The van der Waals surface area contributed by atoms with Crippen molar-refractivity contribution in [3.05, 3.63) is 39.4 Å². The first-order valence-corrected chi connectivity index (χ1v) is 5.37. The maximum atomic E-state index is 11.4. The lowest BCUT2D eigenvalue weighted by Gasteiger charge is -2.12. The van der Waals surface area contributed by atoms with Crippen LogP contribution in [-0.4, -0.2) is 17.0 Å². The van der Waals surface area contributed by atoms with Gasteiger partial charge in [0.05, 0.1) is 10.5 Å². The van der Waals surface area contributed by atoms with Crippen LogP contribution < -0.4 is 11.0 Å². The van der Waals surface area contributed by atoms with Crippen molar-refractivity contribution < 1.29 is 0 Å². The Kier molecular flexibility index (Phi) is 2.94. The molecule has 1 atom stereocenters. The molecule has 0 radical (unpaired) electrons. The van der Waals surface area contributed by atoms with E-state index in [0.717, 1.165) is 11.1 Å². The predicted molar refractivity (Wildman–Crippen MR) is 64.8 cm³/mol. The first kappa shape index (κ1) is 11.1. The second-order valence-corrected chi connectivity index (χ2v) is 4.01. The van der Waals surface area contributed by atoms with Gasteiger partial charge >= 0.3 is 5.69 Å². The largest absolute Gasteiger partial charge is 0.345 e. The van der Waals surface area contributed by atoms with Crippen LogP contribution in [0.15, 0.2) is 23.0 Å². The van der Waals surface area contributed by atoms with Gasteiger partial charge in [-0.05, 0) is 20.0 Å². The smallest absolute Gasteiger partial charge is 0.312 e. The molecule has 1 unspecified atom stereocenters. The third-order valence-electron chi connectivity index (χ3n) is 2.60. The van der Waals surface area contributed by atoms with Gasteiger partial charge in [-0.3, -0.25) is 0 Å². The third-order valence-corrected chi connectivity index (χ3v) is 2.90. The van der Waals surface area contributed by atoms with Crippen LogP contribution in [0.5, 0.6) is 0 Å². The van der Waals surface area contributed by atoms with E-state index in [1.807, 2.05) is 26.1 Å². The summed E-state index contributed by atoms with van der Waals surface area (Å²) in [7, 11) is 1.83. The summed E-state index contributed by atoms with van der Waals surface area (Å²) >= 11 is 6.01. The second-order valence-electron chi connectivity index (χ2n) is 3.60. The SMILES string of the molecule is CNC(C)c1[nH]c(=O)nc2c(Cl)cccc12. The van der Waals surface area contributed by atoms with Crippen molar-refractivity contribution in [2.24, 2.45) is 0 Å². The topological polar surface area (TPSA) is 57.8 Å². The maximum Gasteiger partial charge on any atom is 0.345 e. The molecule has 0 fully saturated rings. The number of aromatic nitrogens is 2. The van der Waals surface area contributed by atoms with E-state index in [1.54, 1.807) is 6.07 Å². The van der Waals surface area contributed by atoms with E-state index in [-0.39, 0.29) is 11.7 Å². The minimum Gasteiger partial charge on any atom is -0.312 e. The lowest BCUT2D eigenvalue weighted by atomic mass is 10.1. The number of benzene rings is 1. The van der Waals surface area contributed by atoms with Gasteiger partial charge in [-0.2, -0.15) is 4.98 Å². The number of nitrogens with zero attached hydrogens (tertiary/aromatic N) is 1. The Balaban J connectivity index is 2.83. The number of hydrogen-bond acceptors (Lipinski definition) is 3. The number of para-hydroxylation sites is 1. The molecule has 4 nitrogen and oxygen atoms in total. The van der Waals surface area contributed by atoms with Crippen molar-refractivity contribution in [3.63, 3.8) is 0 Å². The van der Waals surface area contributed by atoms with Crippen LogP contribution in [0, 0.1) is 0 Å². The number of rotatable bonds is 2. The lowest BCUT2D eigenvalue weighted by Crippen LogP contribution is -2.20. The van der Waals surface area contributed by atoms with E-state index in [4.69, 9.17) is 11.6 Å². The number of nitrogens with one attached hydrogen (secondary N) is 2. The predicted octanol–water partition coefficient (Wildman–Crippen LogP) is 1.86. The molecule has 5 heteroatoms. The molecule has 0 spiro atoms. The number of hydrogen-bond donors (Lipinski definition) is 2. The highest BCUT2D eigenvalue weighted by Crippen LogP contribution is 2.24. The quantitative estimate of drug-likeness (QED) is 0.838. The maximum absolute atomic E-state index is 11.4. The average Bonchev–Trinajstić information content (AvgIpc) is 2.28. The van der Waals surface area contributed by atoms with Crippen molar-refractivity contribution in [2.45, 2.75) is 13.0 Å². The summed E-state index contributed by atoms with van der Waals surface area (Å²) in [4.78, 5) is 18.0. The Morgan fingerprint density at radius 2 is 2.25 bits per heavy atom. The van der Waals surface area contributed by atoms with Crippen molar-refractivity contribution in [3.8, 4) is 0 Å². The molecule has 2 aromatic rings. The van der Waals surface area contributed by atoms with Gasteiger partial charge in [0.1, 0.15) is 0 Å². The Hall–Kier alpha value is -1.39. The molecule has 2 rings (SSSR count). The van der Waals surface area contributed by atoms with Gasteiger partial charge in [0, 0.05) is 17.1 Å². The van der Waals surface area contributed by atoms with Crippen molar-refractivity contribution in [2.75, 3.05) is 7.05 Å². The van der Waals surface area contributed by atoms with Crippen molar-refractivity contribution >= 4 is 22.5 Å². The number of aromatic amines is 1. The summed E-state index contributed by atoms with van der Waals surface area (Å²) in [5.41, 5.74) is 0.975. The monoisotopic (exact) mass is 237 g/mol. The zero-order valence-corrected chi connectivity index (χ0v) is 9.80. The van der Waals surface area contributed by atoms with Crippen LogP contribution in [0.3, 0.4) is 0 Å². The summed E-state index contributed by atoms with van der Waals surface area (Å²) < 4.78 is 0. The van der Waals surface area contributed by atoms with Gasteiger partial charge in [-0.25, -0.2) is 4.79 Å². The fourth-order valence-electron chi connectivity index (χ4n) is 1.64. The highest BCUT2D eigenvalue weighted by atomic mass is 35.5. The minimum atomic E-state index is -0.377. The normalized spacial score (nSPS) is 12.9. The van der Waals surface area contributed by atoms with Crippen molar-refractivity contribution in [1.29, 1.82) is 0 Å². The van der Waals surface area contributed by atoms with E-state index < -0.39 is 0 Å². The zero-order chi connectivity index (χ0) is 11.7. The highest BCUT2D eigenvalue weighted by molar-refractivity contribution is 6.35. The van der Waals surface area contributed by atoms with Crippen LogP contribution in [-0.2, 0) is 0 Å². The molecule has 0 bridgehead atoms. The van der Waals surface area contributed by atoms with E-state index in [9.17, 15) is 4.79 Å². The Morgan fingerprint density at radius 1 is 1.50 bits per heavy atom. The molecule has 1 aromatic carbocycles. The van der Waals surface area contributed by atoms with Gasteiger partial charge in [-0.1, -0.05) is 23.7 Å². The number of fused-ring (bicyclic) bond motifs is 1. The van der Waals surface area contributed by atoms with Gasteiger partial charge in [0.25, 0.3) is 0 Å². The van der Waals surface area contributed by atoms with Crippen LogP contribution in [0.25, 0.3) is 10.9 Å². The van der Waals surface area contributed by atoms with Crippen molar-refractivity contribution in [1.82, 2.24) is 15.3 Å². The van der Waals surface area contributed by atoms with Gasteiger partial charge < -0.3 is 10.3 Å². The standard InChI is InChI=1S/C11H12ClN3O/c1-6(13-2)9-7-4-3-5-8(12)10(7)15-11(16)14-9/h3-6,13H,1-2H3,(H,14,15,16). The molecular weight excluding hydrogens is 226 g/mol. The molecule has 16 heavy (non-hydrogen) atoms. The Morgan fingerprint density at radius 3 is 2.94 bits per heavy atom. The minimum absolute atomic E-state index is 0.0386. The molecule has 0 saturated carbocycles. The molecule has 0 saturated heterocycles. The Bertz CT molecular complexity index is 579. The van der Waals surface area contributed by atoms with Crippen LogP contribution in [0.2, 0.25) is 5.02 Å². The summed E-state index contributed by atoms with van der Waals surface area (Å²) in [5.74, 6) is 0. The van der Waals surface area contributed by atoms with Crippen LogP contribution in [0.4, 0.5) is 0 Å². The van der Waals surface area contributed by atoms with Gasteiger partial charge in [0.2, 0.25) is 0 Å². The third kappa shape index (κ3) is 1.81. The molecule has 0 aliphatic rings. The lowest BCUT2D eigenvalue weighted by molar-refractivity contribution is 0.634. The summed E-state index contributed by atoms with van der Waals surface area (Å²) in [5, 5.41) is 4.44. The average molecular weight is 238 g/mol. The van der Waals surface area contributed by atoms with Crippen LogP contribution in [0.1, 0.15) is 18.7 Å². The molecule has 0 amide bonds. The highest BCUT2D eigenvalue weighted by Gasteiger charge is 2.11. The van der Waals surface area contributed by atoms with E-state index in [1.165, 1.54) is 0 Å². The summed E-state index contributed by atoms with van der Waals surface area (Å²) in [6.07, 6.45) is 0. The summed E-state index contributed by atoms with van der Waals surface area (Å²) in [6.45, 7) is 1.96. The first-order chi connectivity index (χ1) is 7.63.